The summed E-state index contributed by atoms with van der Waals surface area (Å²) < 4.78 is 26.7. The van der Waals surface area contributed by atoms with E-state index in [1.165, 1.54) is 31.0 Å². The normalized spacial score (nSPS) is 11.1. The van der Waals surface area contributed by atoms with Gasteiger partial charge in [0.2, 0.25) is 0 Å². The van der Waals surface area contributed by atoms with Crippen LogP contribution in [0.25, 0.3) is 0 Å². The molecule has 1 aromatic carbocycles. The number of guanidine groups is 1. The second kappa shape index (κ2) is 11.7. The van der Waals surface area contributed by atoms with Crippen LogP contribution in [0.15, 0.2) is 23.2 Å². The predicted octanol–water partition coefficient (Wildman–Crippen LogP) is 3.61. The summed E-state index contributed by atoms with van der Waals surface area (Å²) in [5.74, 6) is -0.720. The van der Waals surface area contributed by atoms with E-state index < -0.39 is 11.6 Å². The molecule has 0 spiro atoms. The van der Waals surface area contributed by atoms with Crippen LogP contribution in [0.5, 0.6) is 0 Å². The van der Waals surface area contributed by atoms with E-state index >= 15 is 0 Å². The molecule has 0 aliphatic rings. The molecule has 0 saturated carbocycles. The molecular formula is C15H24F2IN3. The SMILES string of the molecule is CCCCCCN=C(N)NCCc1c(F)cccc1F.I. The Balaban J connectivity index is 0.00000400. The molecule has 120 valence electrons. The van der Waals surface area contributed by atoms with E-state index in [-0.39, 0.29) is 36.0 Å². The minimum absolute atomic E-state index is 0. The predicted molar refractivity (Wildman–Crippen MR) is 94.1 cm³/mol. The second-order valence-electron chi connectivity index (χ2n) is 4.70. The van der Waals surface area contributed by atoms with Gasteiger partial charge in [-0.3, -0.25) is 4.99 Å². The van der Waals surface area contributed by atoms with Gasteiger partial charge >= 0.3 is 0 Å². The first-order chi connectivity index (χ1) is 9.65. The van der Waals surface area contributed by atoms with Gasteiger partial charge < -0.3 is 11.1 Å². The van der Waals surface area contributed by atoms with Crippen LogP contribution in [0, 0.1) is 11.6 Å². The quantitative estimate of drug-likeness (QED) is 0.297. The molecule has 0 amide bonds. The molecule has 21 heavy (non-hydrogen) atoms. The van der Waals surface area contributed by atoms with E-state index in [1.54, 1.807) is 0 Å². The molecular weight excluding hydrogens is 387 g/mol. The zero-order chi connectivity index (χ0) is 14.8. The van der Waals surface area contributed by atoms with Crippen LogP contribution < -0.4 is 11.1 Å². The lowest BCUT2D eigenvalue weighted by atomic mass is 10.1. The minimum atomic E-state index is -0.526. The number of aliphatic imine (C=N–C) groups is 1. The molecule has 1 aromatic rings. The van der Waals surface area contributed by atoms with Gasteiger partial charge in [-0.25, -0.2) is 8.78 Å². The van der Waals surface area contributed by atoms with Gasteiger partial charge in [0.25, 0.3) is 0 Å². The maximum Gasteiger partial charge on any atom is 0.188 e. The van der Waals surface area contributed by atoms with Crippen molar-refractivity contribution in [2.45, 2.75) is 39.0 Å². The highest BCUT2D eigenvalue weighted by Crippen LogP contribution is 2.11. The van der Waals surface area contributed by atoms with Crippen molar-refractivity contribution >= 4 is 29.9 Å². The number of nitrogens with two attached hydrogens (primary N) is 1. The fourth-order valence-electron chi connectivity index (χ4n) is 1.88. The van der Waals surface area contributed by atoms with Gasteiger partial charge in [-0.2, -0.15) is 0 Å². The van der Waals surface area contributed by atoms with Gasteiger partial charge in [-0.1, -0.05) is 32.3 Å². The molecule has 6 heteroatoms. The number of nitrogens with zero attached hydrogens (tertiary/aromatic N) is 1. The smallest absolute Gasteiger partial charge is 0.188 e. The highest BCUT2D eigenvalue weighted by atomic mass is 127. The van der Waals surface area contributed by atoms with Crippen LogP contribution in [0.1, 0.15) is 38.2 Å². The summed E-state index contributed by atoms with van der Waals surface area (Å²) in [6, 6.07) is 3.86. The Labute approximate surface area is 142 Å². The van der Waals surface area contributed by atoms with E-state index in [4.69, 9.17) is 5.73 Å². The summed E-state index contributed by atoms with van der Waals surface area (Å²) in [6.45, 7) is 3.20. The maximum absolute atomic E-state index is 13.4. The fraction of sp³-hybridized carbons (Fsp3) is 0.533. The molecule has 0 aliphatic heterocycles. The first kappa shape index (κ1) is 20.1. The van der Waals surface area contributed by atoms with Crippen LogP contribution in [0.2, 0.25) is 0 Å². The van der Waals surface area contributed by atoms with Crippen molar-refractivity contribution in [3.63, 3.8) is 0 Å². The standard InChI is InChI=1S/C15H23F2N3.HI/c1-2-3-4-5-10-19-15(18)20-11-9-12-13(16)7-6-8-14(12)17;/h6-8H,2-5,9-11H2,1H3,(H3,18,19,20);1H. The summed E-state index contributed by atoms with van der Waals surface area (Å²) in [6.07, 6.45) is 4.79. The summed E-state index contributed by atoms with van der Waals surface area (Å²) >= 11 is 0. The number of rotatable bonds is 8. The van der Waals surface area contributed by atoms with E-state index in [0.29, 0.717) is 19.0 Å². The Morgan fingerprint density at radius 3 is 2.48 bits per heavy atom. The molecule has 0 aromatic heterocycles. The molecule has 0 unspecified atom stereocenters. The third-order valence-electron chi connectivity index (χ3n) is 3.04. The van der Waals surface area contributed by atoms with Crippen LogP contribution in [0.4, 0.5) is 8.78 Å². The molecule has 3 nitrogen and oxygen atoms in total. The molecule has 1 rings (SSSR count). The van der Waals surface area contributed by atoms with Crippen molar-refractivity contribution in [2.75, 3.05) is 13.1 Å². The van der Waals surface area contributed by atoms with E-state index in [9.17, 15) is 8.78 Å². The molecule has 3 N–H and O–H groups in total. The number of nitrogens with one attached hydrogen (secondary N) is 1. The third-order valence-corrected chi connectivity index (χ3v) is 3.04. The topological polar surface area (TPSA) is 50.4 Å². The summed E-state index contributed by atoms with van der Waals surface area (Å²) in [7, 11) is 0. The van der Waals surface area contributed by atoms with Gasteiger partial charge in [0.05, 0.1) is 0 Å². The fourth-order valence-corrected chi connectivity index (χ4v) is 1.88. The zero-order valence-corrected chi connectivity index (χ0v) is 14.7. The van der Waals surface area contributed by atoms with Crippen LogP contribution in [-0.2, 0) is 6.42 Å². The highest BCUT2D eigenvalue weighted by molar-refractivity contribution is 14.0. The van der Waals surface area contributed by atoms with Crippen molar-refractivity contribution in [3.8, 4) is 0 Å². The minimum Gasteiger partial charge on any atom is -0.370 e. The van der Waals surface area contributed by atoms with Gasteiger partial charge in [-0.05, 0) is 25.0 Å². The van der Waals surface area contributed by atoms with E-state index in [1.807, 2.05) is 0 Å². The number of benzene rings is 1. The maximum atomic E-state index is 13.4. The summed E-state index contributed by atoms with van der Waals surface area (Å²) in [5, 5.41) is 2.87. The first-order valence-electron chi connectivity index (χ1n) is 7.11. The van der Waals surface area contributed by atoms with Crippen LogP contribution in [-0.4, -0.2) is 19.0 Å². The van der Waals surface area contributed by atoms with Crippen LogP contribution >= 0.6 is 24.0 Å². The number of hydrogen-bond donors (Lipinski definition) is 2. The number of unbranched alkanes of at least 4 members (excludes halogenated alkanes) is 3. The lowest BCUT2D eigenvalue weighted by Gasteiger charge is -2.07. The van der Waals surface area contributed by atoms with Gasteiger partial charge in [0.15, 0.2) is 5.96 Å². The number of halogens is 3. The monoisotopic (exact) mass is 411 g/mol. The Hall–Kier alpha value is -0.920. The summed E-state index contributed by atoms with van der Waals surface area (Å²) in [5.41, 5.74) is 5.76. The highest BCUT2D eigenvalue weighted by Gasteiger charge is 2.07. The van der Waals surface area contributed by atoms with Crippen molar-refractivity contribution in [1.82, 2.24) is 5.32 Å². The van der Waals surface area contributed by atoms with Gasteiger partial charge in [-0.15, -0.1) is 24.0 Å². The Kier molecular flexibility index (Phi) is 11.2. The third kappa shape index (κ3) is 8.18. The average molecular weight is 411 g/mol. The molecule has 0 atom stereocenters. The zero-order valence-electron chi connectivity index (χ0n) is 12.4. The lowest BCUT2D eigenvalue weighted by Crippen LogP contribution is -2.33. The molecule has 0 bridgehead atoms. The van der Waals surface area contributed by atoms with Crippen molar-refractivity contribution in [2.24, 2.45) is 10.7 Å². The van der Waals surface area contributed by atoms with Crippen molar-refractivity contribution in [3.05, 3.63) is 35.4 Å². The van der Waals surface area contributed by atoms with E-state index in [2.05, 4.69) is 17.2 Å². The molecule has 0 aliphatic carbocycles. The first-order valence-corrected chi connectivity index (χ1v) is 7.11. The molecule has 0 fully saturated rings. The van der Waals surface area contributed by atoms with Crippen molar-refractivity contribution < 1.29 is 8.78 Å². The van der Waals surface area contributed by atoms with E-state index in [0.717, 1.165) is 12.8 Å². The Morgan fingerprint density at radius 1 is 1.19 bits per heavy atom. The summed E-state index contributed by atoms with van der Waals surface area (Å²) in [4.78, 5) is 4.17. The Bertz CT molecular complexity index is 419. The van der Waals surface area contributed by atoms with Crippen LogP contribution in [0.3, 0.4) is 0 Å². The Morgan fingerprint density at radius 2 is 1.86 bits per heavy atom. The number of hydrogen-bond acceptors (Lipinski definition) is 1. The molecule has 0 heterocycles. The molecule has 0 radical (unpaired) electrons. The second-order valence-corrected chi connectivity index (χ2v) is 4.70. The average Bonchev–Trinajstić information content (AvgIpc) is 2.42. The van der Waals surface area contributed by atoms with Crippen molar-refractivity contribution in [1.29, 1.82) is 0 Å². The largest absolute Gasteiger partial charge is 0.370 e. The molecule has 0 saturated heterocycles. The lowest BCUT2D eigenvalue weighted by molar-refractivity contribution is 0.553. The van der Waals surface area contributed by atoms with Gasteiger partial charge in [0, 0.05) is 18.7 Å². The van der Waals surface area contributed by atoms with Gasteiger partial charge in [0.1, 0.15) is 11.6 Å².